The summed E-state index contributed by atoms with van der Waals surface area (Å²) >= 11 is 6.16. The molecule has 5 aromatic carbocycles. The molecule has 6 fully saturated rings. The lowest BCUT2D eigenvalue weighted by atomic mass is 9.64. The number of H-pyrrole nitrogens is 3. The number of carbonyl (C=O) groups excluding carboxylic acids is 8. The Morgan fingerprint density at radius 2 is 0.803 bits per heavy atom. The average molecular weight is 1670 g/mol. The van der Waals surface area contributed by atoms with Crippen molar-refractivity contribution in [1.29, 1.82) is 0 Å². The van der Waals surface area contributed by atoms with Crippen molar-refractivity contribution < 1.29 is 48.6 Å². The zero-order chi connectivity index (χ0) is 86.5. The third kappa shape index (κ3) is 20.3. The lowest BCUT2D eigenvalue weighted by molar-refractivity contribution is -0.193. The van der Waals surface area contributed by atoms with Crippen LogP contribution in [-0.2, 0) is 77.3 Å². The molecule has 15 atom stereocenters. The summed E-state index contributed by atoms with van der Waals surface area (Å²) in [7, 11) is 0. The number of aromatic nitrogens is 13. The van der Waals surface area contributed by atoms with Gasteiger partial charge < -0.3 is 25.2 Å². The standard InChI is InChI=1S/C30H34N6O.C29H31ClN6O.C29H33N7.4CO2/c1-19-8-10-21(11-9-19)27-18-35(34-33-27)15-14-24-23-6-4-5-7-26(23)32-30(24)28-16-25-20(2)29(37)13-12-22(25)17-36(28)31-3;1-18-24-15-27(36(31-2)16-20(24)10-11-28(18)37)29-23(22-8-3-4-9-25(22)32-29)12-13-35-17-26(33-34-35)19-6-5-7-21(30)14-19;1-19-11-12-21-17-36(30-3)28(16-24(21)20(19)2)29-23(22-8-4-5-9-25(22)32-29)13-15-35-18-27(33-34-35)26-10-6-7-14-31-26;4*2-1-3/h4-11,18,20,22,25,28-29,32,37H,12-17H2,1-2H3;3-9,14,17-18,20,24,27-28,32,37H,10-13,15-16H2,1H3;4-10,14,18-21,24,28,32H,11-13,15-17H2,1-2H3;;;;/t20-,22+,25-,28+,29+;18-,20+,24-,27+,28+;19-,20-,21-,24+,28-;;;;/m110..../s1. The molecule has 18 rings (SSSR count). The van der Waals surface area contributed by atoms with E-state index in [9.17, 15) is 10.2 Å². The van der Waals surface area contributed by atoms with Crippen LogP contribution in [-0.4, -0.2) is 147 Å². The predicted molar refractivity (Wildman–Crippen MR) is 449 cm³/mol. The molecule has 0 bridgehead atoms. The number of fused-ring (bicyclic) bond motifs is 6. The maximum Gasteiger partial charge on any atom is 0.373 e. The number of rotatable bonds is 15. The number of nitrogens with zero attached hydrogens (tertiary/aromatic N) is 16. The Kier molecular flexibility index (Phi) is 30.2. The van der Waals surface area contributed by atoms with Gasteiger partial charge in [-0.1, -0.05) is 164 Å². The van der Waals surface area contributed by atoms with E-state index in [4.69, 9.17) is 69.7 Å². The first-order chi connectivity index (χ1) is 59.3. The normalized spacial score (nSPS) is 23.5. The van der Waals surface area contributed by atoms with E-state index in [-0.39, 0.29) is 66.8 Å². The first-order valence-electron chi connectivity index (χ1n) is 41.3. The number of halogens is 1. The molecule has 0 radical (unpaired) electrons. The minimum atomic E-state index is -0.246. The van der Waals surface area contributed by atoms with Crippen molar-refractivity contribution in [2.24, 2.45) is 59.2 Å². The number of hydrogen-bond donors (Lipinski definition) is 5. The van der Waals surface area contributed by atoms with Crippen LogP contribution in [0.25, 0.3) is 81.5 Å². The molecule has 6 aliphatic rings. The number of aromatic amines is 3. The van der Waals surface area contributed by atoms with E-state index in [2.05, 4.69) is 191 Å². The highest BCUT2D eigenvalue weighted by Crippen LogP contribution is 2.52. The molecule has 3 aliphatic heterocycles. The molecule has 3 aliphatic carbocycles. The van der Waals surface area contributed by atoms with Gasteiger partial charge in [-0.15, -0.1) is 30.3 Å². The van der Waals surface area contributed by atoms with Crippen LogP contribution in [0.5, 0.6) is 0 Å². The first-order valence-corrected chi connectivity index (χ1v) is 41.7. The summed E-state index contributed by atoms with van der Waals surface area (Å²) < 4.78 is 5.71. The number of hydrogen-bond acceptors (Lipinski definition) is 20. The van der Waals surface area contributed by atoms with E-state index in [1.807, 2.05) is 96.2 Å². The quantitative estimate of drug-likeness (QED) is 0.0595. The molecule has 5 N–H and O–H groups in total. The van der Waals surface area contributed by atoms with Gasteiger partial charge in [0.15, 0.2) is 0 Å². The van der Waals surface area contributed by atoms with Crippen molar-refractivity contribution in [3.63, 3.8) is 0 Å². The number of aliphatic hydroxyl groups is 2. The summed E-state index contributed by atoms with van der Waals surface area (Å²) in [5, 5.41) is 57.7. The summed E-state index contributed by atoms with van der Waals surface area (Å²) in [5.74, 6) is 5.07. The monoisotopic (exact) mass is 1660 g/mol. The maximum atomic E-state index is 10.6. The summed E-state index contributed by atoms with van der Waals surface area (Å²) in [6.07, 6.45) is 19.7. The Morgan fingerprint density at radius 1 is 0.434 bits per heavy atom. The van der Waals surface area contributed by atoms with E-state index < -0.39 is 0 Å². The van der Waals surface area contributed by atoms with Gasteiger partial charge in [0, 0.05) is 91.8 Å². The Hall–Kier alpha value is -13.1. The van der Waals surface area contributed by atoms with Gasteiger partial charge in [0.1, 0.15) is 35.2 Å². The second kappa shape index (κ2) is 41.7. The second-order valence-corrected chi connectivity index (χ2v) is 33.0. The lowest BCUT2D eigenvalue weighted by Gasteiger charge is -2.46. The van der Waals surface area contributed by atoms with Gasteiger partial charge in [-0.2, -0.15) is 72.9 Å². The van der Waals surface area contributed by atoms with Crippen LogP contribution in [0.1, 0.15) is 143 Å². The predicted octanol–water partition coefficient (Wildman–Crippen LogP) is 15.1. The molecule has 29 nitrogen and oxygen atoms in total. The number of nitrogens with one attached hydrogen (secondary N) is 3. The summed E-state index contributed by atoms with van der Waals surface area (Å²) in [6.45, 7) is 39.8. The topological polar surface area (TPSA) is 352 Å². The van der Waals surface area contributed by atoms with E-state index >= 15 is 0 Å². The molecule has 3 saturated carbocycles. The van der Waals surface area contributed by atoms with Gasteiger partial charge in [-0.05, 0) is 196 Å². The molecular weight excluding hydrogens is 1570 g/mol. The molecule has 3 saturated heterocycles. The largest absolute Gasteiger partial charge is 0.393 e. The Balaban J connectivity index is 0.000000157. The van der Waals surface area contributed by atoms with Gasteiger partial charge in [0.25, 0.3) is 0 Å². The number of piperidine rings is 3. The van der Waals surface area contributed by atoms with Crippen LogP contribution in [0.2, 0.25) is 5.02 Å². The zero-order valence-electron chi connectivity index (χ0n) is 68.7. The van der Waals surface area contributed by atoms with Crippen LogP contribution in [0.3, 0.4) is 0 Å². The molecule has 0 spiro atoms. The van der Waals surface area contributed by atoms with Gasteiger partial charge in [-0.25, -0.2) is 0 Å². The highest BCUT2D eigenvalue weighted by atomic mass is 35.5. The van der Waals surface area contributed by atoms with Crippen molar-refractivity contribution in [2.45, 2.75) is 162 Å². The molecule has 7 aromatic heterocycles. The number of aryl methyl sites for hydroxylation is 7. The fourth-order valence-electron chi connectivity index (χ4n) is 19.7. The molecule has 10 heterocycles. The highest BCUT2D eigenvalue weighted by molar-refractivity contribution is 6.30. The van der Waals surface area contributed by atoms with Gasteiger partial charge in [0.2, 0.25) is 0 Å². The third-order valence-corrected chi connectivity index (χ3v) is 26.4. The molecule has 0 amide bonds. The number of benzene rings is 5. The summed E-state index contributed by atoms with van der Waals surface area (Å²) in [6, 6.07) is 47.2. The second-order valence-electron chi connectivity index (χ2n) is 32.6. The molecule has 0 unspecified atom stereocenters. The van der Waals surface area contributed by atoms with Crippen LogP contribution in [0.15, 0.2) is 164 Å². The Morgan fingerprint density at radius 3 is 1.20 bits per heavy atom. The van der Waals surface area contributed by atoms with E-state index in [1.165, 1.54) is 56.9 Å². The third-order valence-electron chi connectivity index (χ3n) is 26.2. The maximum absolute atomic E-state index is 10.6. The van der Waals surface area contributed by atoms with E-state index in [0.717, 1.165) is 158 Å². The van der Waals surface area contributed by atoms with Crippen LogP contribution in [0.4, 0.5) is 0 Å². The van der Waals surface area contributed by atoms with Gasteiger partial charge in [0.05, 0.1) is 56.1 Å². The number of para-hydroxylation sites is 3. The number of aliphatic hydroxyl groups excluding tert-OH is 2. The minimum Gasteiger partial charge on any atom is -0.393 e. The fraction of sp³-hybridized carbons (Fsp3) is 0.413. The smallest absolute Gasteiger partial charge is 0.373 e. The van der Waals surface area contributed by atoms with Crippen LogP contribution >= 0.6 is 11.6 Å². The molecule has 122 heavy (non-hydrogen) atoms. The lowest BCUT2D eigenvalue weighted by Crippen LogP contribution is -2.47. The molecule has 628 valence electrons. The fourth-order valence-corrected chi connectivity index (χ4v) is 19.9. The van der Waals surface area contributed by atoms with Crippen molar-refractivity contribution >= 4 is 68.9 Å². The average Bonchev–Trinajstić information content (AvgIpc) is 1.60. The first kappa shape index (κ1) is 88.2. The van der Waals surface area contributed by atoms with Gasteiger partial charge in [-0.3, -0.25) is 19.0 Å². The van der Waals surface area contributed by atoms with Crippen molar-refractivity contribution in [3.05, 3.63) is 243 Å². The van der Waals surface area contributed by atoms with Crippen LogP contribution in [0, 0.1) is 85.8 Å². The van der Waals surface area contributed by atoms with Gasteiger partial charge >= 0.3 is 24.6 Å². The summed E-state index contributed by atoms with van der Waals surface area (Å²) in [4.78, 5) is 92.5. The van der Waals surface area contributed by atoms with E-state index in [0.29, 0.717) is 59.5 Å². The minimum absolute atomic E-state index is 0.00670. The molecular formula is C92H98ClN19O10. The zero-order valence-corrected chi connectivity index (χ0v) is 69.4. The van der Waals surface area contributed by atoms with Crippen molar-refractivity contribution in [2.75, 3.05) is 19.6 Å². The SMILES string of the molecule is O=C=O.O=C=O.O=C=O.O=C=O.[C-]#[N+]N1C[C@@H]2CC[C@H](C)[C@H](C)[C@H]2C[C@H]1c1[nH]c2ccccc2c1CCn1cc(-c2ccccn2)nn1.[C-]#[N+]N1C[C@@H]2CC[C@H](O)[C@H](C)[C@H]2C[C@H]1c1[nH]c2ccccc2c1CCn1cc(-c2ccc(C)cc2)nn1.[C-]#[N+]N1C[C@@H]2CC[C@H](O)[C@H](C)[C@H]2C[C@H]1c1[nH]c2ccccc2c1CCn1cc(-c2cccc(Cl)c2)nn1. The van der Waals surface area contributed by atoms with Crippen molar-refractivity contribution in [3.8, 4) is 33.9 Å². The number of pyridine rings is 1. The highest BCUT2D eigenvalue weighted by Gasteiger charge is 2.50. The van der Waals surface area contributed by atoms with Crippen LogP contribution < -0.4 is 0 Å². The molecule has 30 heteroatoms. The van der Waals surface area contributed by atoms with Crippen molar-refractivity contribution in [1.82, 2.24) is 79.9 Å². The Labute approximate surface area is 711 Å². The van der Waals surface area contributed by atoms with E-state index in [1.54, 1.807) is 6.20 Å². The Bertz CT molecular complexity index is 5730. The summed E-state index contributed by atoms with van der Waals surface area (Å²) in [5.41, 5.74) is 17.1. The molecule has 12 aromatic rings.